The molecule has 2 rings (SSSR count). The summed E-state index contributed by atoms with van der Waals surface area (Å²) in [5, 5.41) is 8.92. The molecule has 0 radical (unpaired) electrons. The molecule has 1 aliphatic heterocycles. The lowest BCUT2D eigenvalue weighted by Gasteiger charge is -2.15. The summed E-state index contributed by atoms with van der Waals surface area (Å²) in [7, 11) is 0. The van der Waals surface area contributed by atoms with E-state index in [1.807, 2.05) is 4.90 Å². The molecule has 0 aromatic carbocycles. The van der Waals surface area contributed by atoms with Crippen molar-refractivity contribution in [1.82, 2.24) is 9.88 Å². The fraction of sp³-hybridized carbons (Fsp3) is 0.455. The topological polar surface area (TPSA) is 53.4 Å². The van der Waals surface area contributed by atoms with Gasteiger partial charge in [-0.1, -0.05) is 0 Å². The van der Waals surface area contributed by atoms with Crippen LogP contribution < -0.4 is 0 Å². The molecule has 15 heavy (non-hydrogen) atoms. The van der Waals surface area contributed by atoms with Crippen molar-refractivity contribution < 1.29 is 9.90 Å². The number of aliphatic hydroxyl groups excluding tert-OH is 1. The average molecular weight is 206 g/mol. The molecule has 0 spiro atoms. The molecule has 0 atom stereocenters. The van der Waals surface area contributed by atoms with Crippen LogP contribution >= 0.6 is 0 Å². The Kier molecular flexibility index (Phi) is 2.97. The smallest absolute Gasteiger partial charge is 0.253 e. The summed E-state index contributed by atoms with van der Waals surface area (Å²) in [5.74, 6) is 0.0459. The second-order valence-corrected chi connectivity index (χ2v) is 3.69. The van der Waals surface area contributed by atoms with Crippen LogP contribution in [0, 0.1) is 0 Å². The number of carbonyl (C=O) groups excluding carboxylic acids is 1. The Morgan fingerprint density at radius 2 is 2.20 bits per heavy atom. The molecule has 1 aromatic heterocycles. The summed E-state index contributed by atoms with van der Waals surface area (Å²) in [6.07, 6.45) is 3.74. The van der Waals surface area contributed by atoms with E-state index in [1.54, 1.807) is 18.3 Å². The molecule has 2 heterocycles. The minimum absolute atomic E-state index is 0.0459. The van der Waals surface area contributed by atoms with Crippen LogP contribution in [0.3, 0.4) is 0 Å². The van der Waals surface area contributed by atoms with Gasteiger partial charge in [0.05, 0.1) is 12.3 Å². The Labute approximate surface area is 88.6 Å². The highest BCUT2D eigenvalue weighted by atomic mass is 16.3. The van der Waals surface area contributed by atoms with Crippen LogP contribution in [0.15, 0.2) is 18.3 Å². The number of carbonyl (C=O) groups is 1. The summed E-state index contributed by atoms with van der Waals surface area (Å²) in [6, 6.07) is 3.35. The van der Waals surface area contributed by atoms with Gasteiger partial charge in [0.25, 0.3) is 5.91 Å². The monoisotopic (exact) mass is 206 g/mol. The standard InChI is InChI=1S/C11H14N2O2/c14-8-10-7-9(3-4-12-10)11(15)13-5-1-2-6-13/h3-4,7,14H,1-2,5-6,8H2. The molecule has 1 aromatic rings. The zero-order chi connectivity index (χ0) is 10.7. The van der Waals surface area contributed by atoms with Gasteiger partial charge in [-0.2, -0.15) is 0 Å². The van der Waals surface area contributed by atoms with Gasteiger partial charge in [0, 0.05) is 24.8 Å². The molecule has 0 saturated carbocycles. The van der Waals surface area contributed by atoms with Crippen molar-refractivity contribution in [2.45, 2.75) is 19.4 Å². The first-order valence-corrected chi connectivity index (χ1v) is 5.16. The quantitative estimate of drug-likeness (QED) is 0.779. The van der Waals surface area contributed by atoms with Crippen molar-refractivity contribution in [3.8, 4) is 0 Å². The molecule has 80 valence electrons. The van der Waals surface area contributed by atoms with Gasteiger partial charge in [-0.25, -0.2) is 0 Å². The molecule has 1 fully saturated rings. The summed E-state index contributed by atoms with van der Waals surface area (Å²) in [5.41, 5.74) is 1.16. The molecular weight excluding hydrogens is 192 g/mol. The van der Waals surface area contributed by atoms with E-state index in [4.69, 9.17) is 5.11 Å². The summed E-state index contributed by atoms with van der Waals surface area (Å²) >= 11 is 0. The molecule has 4 heteroatoms. The first kappa shape index (κ1) is 10.1. The van der Waals surface area contributed by atoms with Gasteiger partial charge in [0.15, 0.2) is 0 Å². The molecule has 1 amide bonds. The Hall–Kier alpha value is -1.42. The second kappa shape index (κ2) is 4.40. The number of hydrogen-bond donors (Lipinski definition) is 1. The maximum atomic E-state index is 11.9. The van der Waals surface area contributed by atoms with Crippen LogP contribution in [-0.2, 0) is 6.61 Å². The number of rotatable bonds is 2. The molecular formula is C11H14N2O2. The van der Waals surface area contributed by atoms with Crippen molar-refractivity contribution in [2.24, 2.45) is 0 Å². The summed E-state index contributed by atoms with van der Waals surface area (Å²) in [4.78, 5) is 17.7. The highest BCUT2D eigenvalue weighted by molar-refractivity contribution is 5.94. The van der Waals surface area contributed by atoms with Crippen molar-refractivity contribution in [3.05, 3.63) is 29.6 Å². The van der Waals surface area contributed by atoms with Gasteiger partial charge < -0.3 is 10.0 Å². The number of likely N-dealkylation sites (tertiary alicyclic amines) is 1. The Morgan fingerprint density at radius 1 is 1.47 bits per heavy atom. The molecule has 1 saturated heterocycles. The van der Waals surface area contributed by atoms with Gasteiger partial charge in [-0.15, -0.1) is 0 Å². The van der Waals surface area contributed by atoms with E-state index in [1.165, 1.54) is 0 Å². The minimum atomic E-state index is -0.124. The highest BCUT2D eigenvalue weighted by Crippen LogP contribution is 2.13. The van der Waals surface area contributed by atoms with Crippen LogP contribution in [0.5, 0.6) is 0 Å². The third kappa shape index (κ3) is 2.15. The third-order valence-electron chi connectivity index (χ3n) is 2.62. The Bertz CT molecular complexity index is 359. The maximum absolute atomic E-state index is 11.9. The molecule has 0 bridgehead atoms. The van der Waals surface area contributed by atoms with Crippen molar-refractivity contribution in [1.29, 1.82) is 0 Å². The minimum Gasteiger partial charge on any atom is -0.390 e. The van der Waals surface area contributed by atoms with Gasteiger partial charge in [-0.3, -0.25) is 9.78 Å². The van der Waals surface area contributed by atoms with Crippen molar-refractivity contribution in [3.63, 3.8) is 0 Å². The van der Waals surface area contributed by atoms with Crippen LogP contribution in [0.4, 0.5) is 0 Å². The Balaban J connectivity index is 2.17. The largest absolute Gasteiger partial charge is 0.390 e. The summed E-state index contributed by atoms with van der Waals surface area (Å²) < 4.78 is 0. The highest BCUT2D eigenvalue weighted by Gasteiger charge is 2.19. The summed E-state index contributed by atoms with van der Waals surface area (Å²) in [6.45, 7) is 1.56. The van der Waals surface area contributed by atoms with Gasteiger partial charge in [0.1, 0.15) is 0 Å². The predicted molar refractivity (Wildman–Crippen MR) is 55.3 cm³/mol. The SMILES string of the molecule is O=C(c1ccnc(CO)c1)N1CCCC1. The lowest BCUT2D eigenvalue weighted by molar-refractivity contribution is 0.0792. The Morgan fingerprint density at radius 3 is 2.87 bits per heavy atom. The normalized spacial score (nSPS) is 15.7. The zero-order valence-electron chi connectivity index (χ0n) is 8.52. The number of nitrogens with zero attached hydrogens (tertiary/aromatic N) is 2. The van der Waals surface area contributed by atoms with E-state index < -0.39 is 0 Å². The first-order valence-electron chi connectivity index (χ1n) is 5.16. The van der Waals surface area contributed by atoms with Crippen LogP contribution in [0.1, 0.15) is 28.9 Å². The second-order valence-electron chi connectivity index (χ2n) is 3.69. The fourth-order valence-electron chi connectivity index (χ4n) is 1.80. The van der Waals surface area contributed by atoms with Crippen LogP contribution in [0.25, 0.3) is 0 Å². The third-order valence-corrected chi connectivity index (χ3v) is 2.62. The first-order chi connectivity index (χ1) is 7.31. The molecule has 0 aliphatic carbocycles. The lowest BCUT2D eigenvalue weighted by Crippen LogP contribution is -2.27. The zero-order valence-corrected chi connectivity index (χ0v) is 8.52. The van der Waals surface area contributed by atoms with Crippen molar-refractivity contribution >= 4 is 5.91 Å². The molecule has 1 aliphatic rings. The number of amides is 1. The molecule has 0 unspecified atom stereocenters. The van der Waals surface area contributed by atoms with E-state index in [0.717, 1.165) is 25.9 Å². The van der Waals surface area contributed by atoms with E-state index in [9.17, 15) is 4.79 Å². The van der Waals surface area contributed by atoms with Gasteiger partial charge >= 0.3 is 0 Å². The fourth-order valence-corrected chi connectivity index (χ4v) is 1.80. The molecule has 1 N–H and O–H groups in total. The van der Waals surface area contributed by atoms with Crippen molar-refractivity contribution in [2.75, 3.05) is 13.1 Å². The van der Waals surface area contributed by atoms with E-state index in [0.29, 0.717) is 11.3 Å². The van der Waals surface area contributed by atoms with E-state index in [-0.39, 0.29) is 12.5 Å². The maximum Gasteiger partial charge on any atom is 0.253 e. The number of aromatic nitrogens is 1. The average Bonchev–Trinajstić information content (AvgIpc) is 2.81. The molecule has 4 nitrogen and oxygen atoms in total. The lowest BCUT2D eigenvalue weighted by atomic mass is 10.2. The van der Waals surface area contributed by atoms with Crippen LogP contribution in [0.2, 0.25) is 0 Å². The van der Waals surface area contributed by atoms with E-state index in [2.05, 4.69) is 4.98 Å². The van der Waals surface area contributed by atoms with Gasteiger partial charge in [0.2, 0.25) is 0 Å². The van der Waals surface area contributed by atoms with Gasteiger partial charge in [-0.05, 0) is 25.0 Å². The predicted octanol–water partition coefficient (Wildman–Crippen LogP) is 0.810. The van der Waals surface area contributed by atoms with E-state index >= 15 is 0 Å². The van der Waals surface area contributed by atoms with Crippen LogP contribution in [-0.4, -0.2) is 34.0 Å². The number of pyridine rings is 1. The number of hydrogen-bond acceptors (Lipinski definition) is 3. The number of aliphatic hydroxyl groups is 1.